The fourth-order valence-corrected chi connectivity index (χ4v) is 2.91. The predicted octanol–water partition coefficient (Wildman–Crippen LogP) is 3.52. The Morgan fingerprint density at radius 1 is 0.846 bits per heavy atom. The number of aryl methyl sites for hydroxylation is 1. The van der Waals surface area contributed by atoms with E-state index in [-0.39, 0.29) is 18.4 Å². The lowest BCUT2D eigenvalue weighted by Gasteiger charge is -2.26. The van der Waals surface area contributed by atoms with E-state index in [4.69, 9.17) is 0 Å². The summed E-state index contributed by atoms with van der Waals surface area (Å²) in [6.07, 6.45) is 1.75. The SMILES string of the molecule is CCN(Cc1ccccc1)C(=O)CN(CCCc1ccccc1)C(C)=O. The molecule has 2 aromatic carbocycles. The first-order chi connectivity index (χ1) is 12.6. The normalized spacial score (nSPS) is 10.4. The van der Waals surface area contributed by atoms with Crippen LogP contribution in [0, 0.1) is 0 Å². The molecule has 0 aliphatic heterocycles. The van der Waals surface area contributed by atoms with Crippen molar-refractivity contribution in [3.8, 4) is 0 Å². The number of carbonyl (C=O) groups is 2. The van der Waals surface area contributed by atoms with Crippen LogP contribution in [-0.2, 0) is 22.6 Å². The molecule has 0 N–H and O–H groups in total. The molecule has 0 aliphatic rings. The summed E-state index contributed by atoms with van der Waals surface area (Å²) >= 11 is 0. The Morgan fingerprint density at radius 3 is 1.96 bits per heavy atom. The van der Waals surface area contributed by atoms with E-state index in [1.807, 2.05) is 55.5 Å². The maximum atomic E-state index is 12.7. The molecule has 2 amide bonds. The third-order valence-electron chi connectivity index (χ3n) is 4.46. The number of carbonyl (C=O) groups excluding carboxylic acids is 2. The molecule has 0 spiro atoms. The van der Waals surface area contributed by atoms with E-state index in [1.54, 1.807) is 9.80 Å². The van der Waals surface area contributed by atoms with E-state index in [2.05, 4.69) is 12.1 Å². The predicted molar refractivity (Wildman–Crippen MR) is 105 cm³/mol. The molecule has 4 nitrogen and oxygen atoms in total. The maximum absolute atomic E-state index is 12.7. The minimum atomic E-state index is -0.0535. The van der Waals surface area contributed by atoms with E-state index in [1.165, 1.54) is 12.5 Å². The van der Waals surface area contributed by atoms with Crippen molar-refractivity contribution in [3.05, 3.63) is 71.8 Å². The van der Waals surface area contributed by atoms with Gasteiger partial charge in [0.25, 0.3) is 0 Å². The largest absolute Gasteiger partial charge is 0.337 e. The van der Waals surface area contributed by atoms with Crippen molar-refractivity contribution in [2.24, 2.45) is 0 Å². The van der Waals surface area contributed by atoms with Crippen LogP contribution in [-0.4, -0.2) is 41.2 Å². The number of hydrogen-bond acceptors (Lipinski definition) is 2. The summed E-state index contributed by atoms with van der Waals surface area (Å²) in [7, 11) is 0. The van der Waals surface area contributed by atoms with Gasteiger partial charge in [-0.2, -0.15) is 0 Å². The van der Waals surface area contributed by atoms with Crippen LogP contribution < -0.4 is 0 Å². The Morgan fingerprint density at radius 2 is 1.42 bits per heavy atom. The second-order valence-corrected chi connectivity index (χ2v) is 6.42. The maximum Gasteiger partial charge on any atom is 0.242 e. The Kier molecular flexibility index (Phi) is 7.87. The van der Waals surface area contributed by atoms with Gasteiger partial charge in [0.15, 0.2) is 0 Å². The van der Waals surface area contributed by atoms with Gasteiger partial charge in [-0.3, -0.25) is 9.59 Å². The zero-order valence-electron chi connectivity index (χ0n) is 15.7. The van der Waals surface area contributed by atoms with Crippen LogP contribution in [0.15, 0.2) is 60.7 Å². The molecule has 0 saturated carbocycles. The van der Waals surface area contributed by atoms with Crippen LogP contribution in [0.25, 0.3) is 0 Å². The number of benzene rings is 2. The zero-order valence-corrected chi connectivity index (χ0v) is 15.7. The van der Waals surface area contributed by atoms with Crippen LogP contribution in [0.5, 0.6) is 0 Å². The lowest BCUT2D eigenvalue weighted by molar-refractivity contribution is -0.139. The summed E-state index contributed by atoms with van der Waals surface area (Å²) in [4.78, 5) is 28.1. The summed E-state index contributed by atoms with van der Waals surface area (Å²) in [6.45, 7) is 5.44. The third kappa shape index (κ3) is 6.36. The van der Waals surface area contributed by atoms with E-state index in [9.17, 15) is 9.59 Å². The molecular formula is C22H28N2O2. The first-order valence-corrected chi connectivity index (χ1v) is 9.21. The van der Waals surface area contributed by atoms with Crippen LogP contribution in [0.4, 0.5) is 0 Å². The number of likely N-dealkylation sites (N-methyl/N-ethyl adjacent to an activating group) is 1. The first-order valence-electron chi connectivity index (χ1n) is 9.21. The highest BCUT2D eigenvalue weighted by atomic mass is 16.2. The van der Waals surface area contributed by atoms with Gasteiger partial charge in [-0.25, -0.2) is 0 Å². The highest BCUT2D eigenvalue weighted by Gasteiger charge is 2.18. The third-order valence-corrected chi connectivity index (χ3v) is 4.46. The molecule has 138 valence electrons. The minimum Gasteiger partial charge on any atom is -0.337 e. The molecule has 0 aliphatic carbocycles. The summed E-state index contributed by atoms with van der Waals surface area (Å²) in [5.41, 5.74) is 2.35. The Labute approximate surface area is 156 Å². The molecule has 0 unspecified atom stereocenters. The van der Waals surface area contributed by atoms with Crippen molar-refractivity contribution in [1.82, 2.24) is 9.80 Å². The quantitative estimate of drug-likeness (QED) is 0.693. The van der Waals surface area contributed by atoms with Crippen molar-refractivity contribution in [2.45, 2.75) is 33.2 Å². The first kappa shape index (κ1) is 19.7. The fraction of sp³-hybridized carbons (Fsp3) is 0.364. The van der Waals surface area contributed by atoms with Gasteiger partial charge in [0.2, 0.25) is 11.8 Å². The summed E-state index contributed by atoms with van der Waals surface area (Å²) < 4.78 is 0. The molecule has 26 heavy (non-hydrogen) atoms. The standard InChI is InChI=1S/C22H28N2O2/c1-3-23(17-21-13-8-5-9-14-21)22(26)18-24(19(2)25)16-10-15-20-11-6-4-7-12-20/h4-9,11-14H,3,10,15-18H2,1-2H3. The molecule has 0 heterocycles. The average Bonchev–Trinajstić information content (AvgIpc) is 2.66. The second-order valence-electron chi connectivity index (χ2n) is 6.42. The van der Waals surface area contributed by atoms with Gasteiger partial charge in [0.1, 0.15) is 0 Å². The van der Waals surface area contributed by atoms with E-state index >= 15 is 0 Å². The average molecular weight is 352 g/mol. The van der Waals surface area contributed by atoms with Gasteiger partial charge in [0, 0.05) is 26.6 Å². The molecule has 0 saturated heterocycles. The van der Waals surface area contributed by atoms with Crippen LogP contribution in [0.3, 0.4) is 0 Å². The molecule has 2 rings (SSSR count). The summed E-state index contributed by atoms with van der Waals surface area (Å²) in [5.74, 6) is -0.0616. The molecule has 0 atom stereocenters. The van der Waals surface area contributed by atoms with Gasteiger partial charge in [-0.05, 0) is 30.9 Å². The monoisotopic (exact) mass is 352 g/mol. The van der Waals surface area contributed by atoms with Crippen LogP contribution in [0.1, 0.15) is 31.4 Å². The van der Waals surface area contributed by atoms with E-state index in [0.29, 0.717) is 19.6 Å². The Hall–Kier alpha value is -2.62. The van der Waals surface area contributed by atoms with Gasteiger partial charge in [-0.15, -0.1) is 0 Å². The fourth-order valence-electron chi connectivity index (χ4n) is 2.91. The second kappa shape index (κ2) is 10.4. The van der Waals surface area contributed by atoms with Crippen LogP contribution in [0.2, 0.25) is 0 Å². The van der Waals surface area contributed by atoms with E-state index in [0.717, 1.165) is 18.4 Å². The number of nitrogens with zero attached hydrogens (tertiary/aromatic N) is 2. The minimum absolute atomic E-state index is 0.00809. The van der Waals surface area contributed by atoms with Gasteiger partial charge < -0.3 is 9.80 Å². The molecule has 0 aromatic heterocycles. The van der Waals surface area contributed by atoms with E-state index < -0.39 is 0 Å². The van der Waals surface area contributed by atoms with Gasteiger partial charge in [-0.1, -0.05) is 60.7 Å². The highest BCUT2D eigenvalue weighted by molar-refractivity contribution is 5.83. The van der Waals surface area contributed by atoms with Gasteiger partial charge in [0.05, 0.1) is 6.54 Å². The Balaban J connectivity index is 1.88. The van der Waals surface area contributed by atoms with Crippen LogP contribution >= 0.6 is 0 Å². The molecule has 0 bridgehead atoms. The Bertz CT molecular complexity index is 686. The lowest BCUT2D eigenvalue weighted by Crippen LogP contribution is -2.42. The number of hydrogen-bond donors (Lipinski definition) is 0. The van der Waals surface area contributed by atoms with Crippen molar-refractivity contribution in [3.63, 3.8) is 0 Å². The molecule has 4 heteroatoms. The molecule has 0 fully saturated rings. The zero-order chi connectivity index (χ0) is 18.8. The smallest absolute Gasteiger partial charge is 0.242 e. The highest BCUT2D eigenvalue weighted by Crippen LogP contribution is 2.07. The van der Waals surface area contributed by atoms with Crippen molar-refractivity contribution < 1.29 is 9.59 Å². The molecule has 0 radical (unpaired) electrons. The lowest BCUT2D eigenvalue weighted by atomic mass is 10.1. The number of rotatable bonds is 9. The number of amides is 2. The summed E-state index contributed by atoms with van der Waals surface area (Å²) in [5, 5.41) is 0. The summed E-state index contributed by atoms with van der Waals surface area (Å²) in [6, 6.07) is 20.1. The molecule has 2 aromatic rings. The van der Waals surface area contributed by atoms with Gasteiger partial charge >= 0.3 is 0 Å². The molecular weight excluding hydrogens is 324 g/mol. The topological polar surface area (TPSA) is 40.6 Å². The van der Waals surface area contributed by atoms with Crippen molar-refractivity contribution in [1.29, 1.82) is 0 Å². The van der Waals surface area contributed by atoms with Crippen molar-refractivity contribution in [2.75, 3.05) is 19.6 Å². The van der Waals surface area contributed by atoms with Crippen molar-refractivity contribution >= 4 is 11.8 Å².